The van der Waals surface area contributed by atoms with E-state index in [9.17, 15) is 4.79 Å². The summed E-state index contributed by atoms with van der Waals surface area (Å²) in [5.41, 5.74) is 0.910. The molecule has 2 unspecified atom stereocenters. The summed E-state index contributed by atoms with van der Waals surface area (Å²) in [5, 5.41) is 0. The average molecular weight is 221 g/mol. The first-order valence-electron chi connectivity index (χ1n) is 5.64. The number of ketones is 1. The number of rotatable bonds is 7. The fourth-order valence-corrected chi connectivity index (χ4v) is 1.68. The van der Waals surface area contributed by atoms with Crippen molar-refractivity contribution < 1.29 is 9.53 Å². The van der Waals surface area contributed by atoms with E-state index in [1.807, 2.05) is 32.1 Å². The van der Waals surface area contributed by atoms with Crippen molar-refractivity contribution in [3.8, 4) is 0 Å². The standard InChI is InChI=1S/C13H19NO2/c1-4-6-7-12(14-3)10-8-11(10)13(15)9-16-5-2/h4,6-7,10-11H,3,5,8-9H2,1-2H3. The molecular formula is C13H19NO2. The zero-order valence-corrected chi connectivity index (χ0v) is 9.98. The Morgan fingerprint density at radius 2 is 2.31 bits per heavy atom. The van der Waals surface area contributed by atoms with Gasteiger partial charge in [0.05, 0.1) is 0 Å². The highest BCUT2D eigenvalue weighted by molar-refractivity contribution is 5.85. The lowest BCUT2D eigenvalue weighted by atomic mass is 10.2. The van der Waals surface area contributed by atoms with Crippen molar-refractivity contribution in [1.29, 1.82) is 0 Å². The van der Waals surface area contributed by atoms with Crippen LogP contribution in [0, 0.1) is 11.8 Å². The third-order valence-corrected chi connectivity index (χ3v) is 2.67. The third-order valence-electron chi connectivity index (χ3n) is 2.67. The predicted octanol–water partition coefficient (Wildman–Crippen LogP) is 2.39. The van der Waals surface area contributed by atoms with Crippen LogP contribution in [0.1, 0.15) is 20.3 Å². The van der Waals surface area contributed by atoms with E-state index < -0.39 is 0 Å². The molecule has 0 heterocycles. The summed E-state index contributed by atoms with van der Waals surface area (Å²) in [6.45, 7) is 8.19. The van der Waals surface area contributed by atoms with Crippen LogP contribution in [0.3, 0.4) is 0 Å². The molecule has 0 aromatic rings. The Kier molecular flexibility index (Phi) is 5.12. The number of allylic oxidation sites excluding steroid dienone is 4. The second-order valence-electron chi connectivity index (χ2n) is 3.83. The first-order chi connectivity index (χ1) is 7.74. The monoisotopic (exact) mass is 221 g/mol. The van der Waals surface area contributed by atoms with Gasteiger partial charge in [-0.1, -0.05) is 12.2 Å². The number of ether oxygens (including phenoxy) is 1. The van der Waals surface area contributed by atoms with Crippen LogP contribution in [-0.2, 0) is 9.53 Å². The molecule has 0 saturated heterocycles. The van der Waals surface area contributed by atoms with Gasteiger partial charge in [0.25, 0.3) is 0 Å². The Hall–Kier alpha value is -1.22. The Morgan fingerprint density at radius 3 is 2.88 bits per heavy atom. The van der Waals surface area contributed by atoms with Crippen LogP contribution < -0.4 is 0 Å². The maximum atomic E-state index is 11.6. The molecule has 0 aliphatic heterocycles. The Bertz CT molecular complexity index is 318. The smallest absolute Gasteiger partial charge is 0.162 e. The lowest BCUT2D eigenvalue weighted by molar-refractivity contribution is -0.124. The molecule has 0 bridgehead atoms. The second-order valence-corrected chi connectivity index (χ2v) is 3.83. The molecule has 2 atom stereocenters. The van der Waals surface area contributed by atoms with Gasteiger partial charge in [-0.25, -0.2) is 0 Å². The van der Waals surface area contributed by atoms with Crippen molar-refractivity contribution in [1.82, 2.24) is 0 Å². The molecule has 1 aliphatic rings. The number of Topliss-reactive ketones (excluding diaryl/α,β-unsaturated/α-hetero) is 1. The van der Waals surface area contributed by atoms with Gasteiger partial charge in [0.15, 0.2) is 5.78 Å². The van der Waals surface area contributed by atoms with E-state index in [1.165, 1.54) is 0 Å². The third kappa shape index (κ3) is 3.42. The molecule has 0 aromatic heterocycles. The zero-order chi connectivity index (χ0) is 12.0. The summed E-state index contributed by atoms with van der Waals surface area (Å²) in [6, 6.07) is 0. The fraction of sp³-hybridized carbons (Fsp3) is 0.538. The van der Waals surface area contributed by atoms with Crippen molar-refractivity contribution in [2.75, 3.05) is 13.2 Å². The van der Waals surface area contributed by atoms with Crippen molar-refractivity contribution >= 4 is 12.5 Å². The van der Waals surface area contributed by atoms with Crippen LogP contribution in [0.2, 0.25) is 0 Å². The summed E-state index contributed by atoms with van der Waals surface area (Å²) < 4.78 is 5.11. The van der Waals surface area contributed by atoms with E-state index >= 15 is 0 Å². The van der Waals surface area contributed by atoms with E-state index in [4.69, 9.17) is 4.74 Å². The summed E-state index contributed by atoms with van der Waals surface area (Å²) in [6.07, 6.45) is 6.66. The maximum Gasteiger partial charge on any atom is 0.162 e. The van der Waals surface area contributed by atoms with Crippen LogP contribution >= 0.6 is 0 Å². The summed E-state index contributed by atoms with van der Waals surface area (Å²) in [4.78, 5) is 15.6. The molecule has 1 saturated carbocycles. The predicted molar refractivity (Wildman–Crippen MR) is 65.5 cm³/mol. The van der Waals surface area contributed by atoms with Gasteiger partial charge in [-0.15, -0.1) is 0 Å². The molecule has 0 amide bonds. The number of carbonyl (C=O) groups is 1. The normalized spacial score (nSPS) is 24.8. The molecule has 1 fully saturated rings. The molecule has 16 heavy (non-hydrogen) atoms. The molecule has 3 heteroatoms. The molecule has 0 aromatic carbocycles. The second kappa shape index (κ2) is 6.38. The van der Waals surface area contributed by atoms with Crippen molar-refractivity contribution in [3.63, 3.8) is 0 Å². The topological polar surface area (TPSA) is 38.7 Å². The number of aliphatic imine (C=N–C) groups is 1. The van der Waals surface area contributed by atoms with Gasteiger partial charge < -0.3 is 4.74 Å². The largest absolute Gasteiger partial charge is 0.374 e. The van der Waals surface area contributed by atoms with E-state index in [1.54, 1.807) is 0 Å². The molecular weight excluding hydrogens is 202 g/mol. The minimum absolute atomic E-state index is 0.0913. The van der Waals surface area contributed by atoms with E-state index in [2.05, 4.69) is 11.7 Å². The van der Waals surface area contributed by atoms with Gasteiger partial charge in [-0.3, -0.25) is 9.79 Å². The number of hydrogen-bond acceptors (Lipinski definition) is 3. The molecule has 88 valence electrons. The molecule has 1 rings (SSSR count). The highest BCUT2D eigenvalue weighted by Crippen LogP contribution is 2.45. The Labute approximate surface area is 96.9 Å². The van der Waals surface area contributed by atoms with E-state index in [-0.39, 0.29) is 24.2 Å². The summed E-state index contributed by atoms with van der Waals surface area (Å²) >= 11 is 0. The minimum atomic E-state index is 0.0913. The van der Waals surface area contributed by atoms with Gasteiger partial charge in [0, 0.05) is 24.1 Å². The quantitative estimate of drug-likeness (QED) is 0.489. The van der Waals surface area contributed by atoms with Crippen molar-refractivity contribution in [2.45, 2.75) is 20.3 Å². The molecule has 0 radical (unpaired) electrons. The fourth-order valence-electron chi connectivity index (χ4n) is 1.68. The lowest BCUT2D eigenvalue weighted by Gasteiger charge is -2.00. The van der Waals surface area contributed by atoms with Crippen molar-refractivity contribution in [2.24, 2.45) is 16.8 Å². The van der Waals surface area contributed by atoms with Gasteiger partial charge in [0.1, 0.15) is 6.61 Å². The highest BCUT2D eigenvalue weighted by Gasteiger charge is 2.44. The maximum absolute atomic E-state index is 11.6. The highest BCUT2D eigenvalue weighted by atomic mass is 16.5. The van der Waals surface area contributed by atoms with Gasteiger partial charge in [-0.05, 0) is 33.1 Å². The Balaban J connectivity index is 2.48. The van der Waals surface area contributed by atoms with Crippen LogP contribution in [-0.4, -0.2) is 25.7 Å². The van der Waals surface area contributed by atoms with E-state index in [0.29, 0.717) is 6.61 Å². The van der Waals surface area contributed by atoms with Crippen LogP contribution in [0.4, 0.5) is 0 Å². The van der Waals surface area contributed by atoms with Crippen molar-refractivity contribution in [3.05, 3.63) is 23.9 Å². The first kappa shape index (κ1) is 12.8. The number of hydrogen-bond donors (Lipinski definition) is 0. The zero-order valence-electron chi connectivity index (χ0n) is 9.98. The SMILES string of the molecule is C=NC(=CC=CC)C1CC1C(=O)COCC. The average Bonchev–Trinajstić information content (AvgIpc) is 3.07. The summed E-state index contributed by atoms with van der Waals surface area (Å²) in [5.74, 6) is 0.525. The molecule has 3 nitrogen and oxygen atoms in total. The number of carbonyl (C=O) groups excluding carboxylic acids is 1. The van der Waals surface area contributed by atoms with E-state index in [0.717, 1.165) is 12.1 Å². The first-order valence-corrected chi connectivity index (χ1v) is 5.64. The van der Waals surface area contributed by atoms with Gasteiger partial charge in [-0.2, -0.15) is 0 Å². The van der Waals surface area contributed by atoms with Gasteiger partial charge >= 0.3 is 0 Å². The molecule has 0 spiro atoms. The van der Waals surface area contributed by atoms with Gasteiger partial charge in [0.2, 0.25) is 0 Å². The molecule has 1 aliphatic carbocycles. The number of nitrogens with zero attached hydrogens (tertiary/aromatic N) is 1. The van der Waals surface area contributed by atoms with Crippen LogP contribution in [0.15, 0.2) is 28.9 Å². The molecule has 0 N–H and O–H groups in total. The Morgan fingerprint density at radius 1 is 1.56 bits per heavy atom. The minimum Gasteiger partial charge on any atom is -0.374 e. The van der Waals surface area contributed by atoms with Crippen LogP contribution in [0.5, 0.6) is 0 Å². The van der Waals surface area contributed by atoms with Crippen LogP contribution in [0.25, 0.3) is 0 Å². The lowest BCUT2D eigenvalue weighted by Crippen LogP contribution is -2.11. The summed E-state index contributed by atoms with van der Waals surface area (Å²) in [7, 11) is 0.